The van der Waals surface area contributed by atoms with Crippen molar-refractivity contribution in [2.75, 3.05) is 0 Å². The van der Waals surface area contributed by atoms with Gasteiger partial charge < -0.3 is 0 Å². The molecular formula is C40H52Ge. The van der Waals surface area contributed by atoms with E-state index in [1.807, 2.05) is 0 Å². The van der Waals surface area contributed by atoms with Crippen molar-refractivity contribution < 1.29 is 0 Å². The molecule has 0 aromatic heterocycles. The molecule has 0 saturated carbocycles. The van der Waals surface area contributed by atoms with E-state index in [0.29, 0.717) is 0 Å². The molecule has 0 fully saturated rings. The first-order valence-electron chi connectivity index (χ1n) is 15.3. The van der Waals surface area contributed by atoms with E-state index in [4.69, 9.17) is 0 Å². The Kier molecular flexibility index (Phi) is 8.35. The number of hydrogen-bond donors (Lipinski definition) is 0. The molecule has 4 aromatic rings. The van der Waals surface area contributed by atoms with Crippen LogP contribution < -0.4 is 17.6 Å². The third-order valence-electron chi connectivity index (χ3n) is 8.74. The van der Waals surface area contributed by atoms with Crippen molar-refractivity contribution in [3.8, 4) is 0 Å². The second kappa shape index (κ2) is 10.9. The monoisotopic (exact) mass is 606 g/mol. The predicted molar refractivity (Wildman–Crippen MR) is 185 cm³/mol. The van der Waals surface area contributed by atoms with Crippen LogP contribution in [0.5, 0.6) is 0 Å². The summed E-state index contributed by atoms with van der Waals surface area (Å²) < 4.78 is 5.92. The normalized spacial score (nSPS) is 13.4. The van der Waals surface area contributed by atoms with Gasteiger partial charge in [0.1, 0.15) is 0 Å². The first-order valence-corrected chi connectivity index (χ1v) is 19.5. The molecule has 0 atom stereocenters. The van der Waals surface area contributed by atoms with Gasteiger partial charge in [-0.2, -0.15) is 0 Å². The van der Waals surface area contributed by atoms with Gasteiger partial charge in [0.15, 0.2) is 0 Å². The van der Waals surface area contributed by atoms with Gasteiger partial charge in [-0.05, 0) is 0 Å². The first kappa shape index (κ1) is 31.4. The fraction of sp³-hybridized carbons (Fsp3) is 0.400. The van der Waals surface area contributed by atoms with E-state index in [0.717, 1.165) is 0 Å². The van der Waals surface area contributed by atoms with Crippen molar-refractivity contribution in [2.24, 2.45) is 0 Å². The molecule has 0 N–H and O–H groups in total. The van der Waals surface area contributed by atoms with E-state index >= 15 is 0 Å². The molecule has 0 spiro atoms. The molecule has 0 aliphatic carbocycles. The Labute approximate surface area is 254 Å². The van der Waals surface area contributed by atoms with E-state index in [1.54, 1.807) is 0 Å². The van der Waals surface area contributed by atoms with Crippen LogP contribution in [0.25, 0.3) is 0 Å². The van der Waals surface area contributed by atoms with Crippen LogP contribution in [0.4, 0.5) is 0 Å². The summed E-state index contributed by atoms with van der Waals surface area (Å²) in [5, 5.41) is 0. The summed E-state index contributed by atoms with van der Waals surface area (Å²) >= 11 is -3.39. The molecule has 4 aromatic carbocycles. The van der Waals surface area contributed by atoms with Crippen LogP contribution in [-0.2, 0) is 21.7 Å². The maximum absolute atomic E-state index is 3.39. The van der Waals surface area contributed by atoms with Crippen molar-refractivity contribution in [3.63, 3.8) is 0 Å². The summed E-state index contributed by atoms with van der Waals surface area (Å²) in [7, 11) is 0. The zero-order valence-corrected chi connectivity index (χ0v) is 29.8. The molecule has 0 heterocycles. The van der Waals surface area contributed by atoms with E-state index in [9.17, 15) is 0 Å². The minimum atomic E-state index is -3.39. The summed E-state index contributed by atoms with van der Waals surface area (Å²) in [5.74, 6) is 0. The van der Waals surface area contributed by atoms with Gasteiger partial charge in [-0.15, -0.1) is 0 Å². The van der Waals surface area contributed by atoms with Crippen LogP contribution in [0.2, 0.25) is 0 Å². The summed E-state index contributed by atoms with van der Waals surface area (Å²) in [6.45, 7) is 27.6. The molecule has 0 saturated heterocycles. The van der Waals surface area contributed by atoms with Crippen LogP contribution in [0.3, 0.4) is 0 Å². The van der Waals surface area contributed by atoms with Gasteiger partial charge in [-0.25, -0.2) is 0 Å². The van der Waals surface area contributed by atoms with Crippen LogP contribution >= 0.6 is 0 Å². The number of benzene rings is 4. The molecule has 0 unspecified atom stereocenters. The van der Waals surface area contributed by atoms with E-state index < -0.39 is 13.3 Å². The SMILES string of the molecule is CC(C)(C)c1cc[c]([Ge]([c]2ccc(C(C)(C)C)cc2)([c]2ccc(C(C)(C)C)cc2)[c]2ccc(C(C)(C)C)cc2)cc1. The fourth-order valence-electron chi connectivity index (χ4n) is 5.88. The molecule has 216 valence electrons. The van der Waals surface area contributed by atoms with Crippen molar-refractivity contribution in [1.82, 2.24) is 0 Å². The Morgan fingerprint density at radius 1 is 0.268 bits per heavy atom. The summed E-state index contributed by atoms with van der Waals surface area (Å²) in [5.41, 5.74) is 5.99. The van der Waals surface area contributed by atoms with Crippen molar-refractivity contribution in [2.45, 2.75) is 105 Å². The molecule has 0 aliphatic heterocycles. The van der Waals surface area contributed by atoms with Crippen LogP contribution in [0, 0.1) is 0 Å². The zero-order chi connectivity index (χ0) is 30.4. The molecule has 0 radical (unpaired) electrons. The first-order chi connectivity index (χ1) is 18.8. The molecule has 41 heavy (non-hydrogen) atoms. The van der Waals surface area contributed by atoms with Crippen molar-refractivity contribution >= 4 is 30.8 Å². The van der Waals surface area contributed by atoms with Crippen LogP contribution in [0.1, 0.15) is 105 Å². The standard InChI is InChI=1S/C40H52Ge/c1-37(2,3)29-13-21-33(22-14-29)41(34-23-15-30(16-24-34)38(4,5)6,35-25-17-31(18-26-35)39(7,8)9)36-27-19-32(20-28-36)40(10,11)12/h13-28H,1-12H3. The Bertz CT molecular complexity index is 1210. The average Bonchev–Trinajstić information content (AvgIpc) is 2.88. The molecular weight excluding hydrogens is 553 g/mol. The van der Waals surface area contributed by atoms with Crippen molar-refractivity contribution in [3.05, 3.63) is 119 Å². The Morgan fingerprint density at radius 3 is 0.537 bits per heavy atom. The Balaban J connectivity index is 2.09. The second-order valence-electron chi connectivity index (χ2n) is 16.1. The van der Waals surface area contributed by atoms with E-state index in [1.165, 1.54) is 39.8 Å². The van der Waals surface area contributed by atoms with Crippen molar-refractivity contribution in [1.29, 1.82) is 0 Å². The van der Waals surface area contributed by atoms with Gasteiger partial charge in [-0.1, -0.05) is 0 Å². The quantitative estimate of drug-likeness (QED) is 0.206. The van der Waals surface area contributed by atoms with E-state index in [-0.39, 0.29) is 21.7 Å². The second-order valence-corrected chi connectivity index (χ2v) is 24.1. The molecule has 0 amide bonds. The molecule has 0 nitrogen and oxygen atoms in total. The fourth-order valence-corrected chi connectivity index (χ4v) is 15.7. The van der Waals surface area contributed by atoms with Gasteiger partial charge in [0.05, 0.1) is 0 Å². The summed E-state index contributed by atoms with van der Waals surface area (Å²) in [6, 6.07) is 38.7. The molecule has 0 aliphatic rings. The number of hydrogen-bond acceptors (Lipinski definition) is 0. The minimum absolute atomic E-state index is 0.116. The van der Waals surface area contributed by atoms with Crippen LogP contribution in [0.15, 0.2) is 97.1 Å². The Morgan fingerprint density at radius 2 is 0.415 bits per heavy atom. The molecule has 4 rings (SSSR count). The van der Waals surface area contributed by atoms with Gasteiger partial charge in [-0.3, -0.25) is 0 Å². The summed E-state index contributed by atoms with van der Waals surface area (Å²) in [6.07, 6.45) is 0. The average molecular weight is 605 g/mol. The van der Waals surface area contributed by atoms with E-state index in [2.05, 4.69) is 180 Å². The maximum atomic E-state index is 2.45. The third kappa shape index (κ3) is 6.44. The Hall–Kier alpha value is -2.58. The van der Waals surface area contributed by atoms with Crippen LogP contribution in [-0.4, -0.2) is 13.3 Å². The molecule has 1 heteroatoms. The number of rotatable bonds is 4. The van der Waals surface area contributed by atoms with Gasteiger partial charge in [0, 0.05) is 0 Å². The summed E-state index contributed by atoms with van der Waals surface area (Å²) in [4.78, 5) is 0. The van der Waals surface area contributed by atoms with Gasteiger partial charge in [0.2, 0.25) is 0 Å². The molecule has 0 bridgehead atoms. The third-order valence-corrected chi connectivity index (χ3v) is 18.8. The topological polar surface area (TPSA) is 0 Å². The van der Waals surface area contributed by atoms with Gasteiger partial charge in [0.25, 0.3) is 0 Å². The zero-order valence-electron chi connectivity index (χ0n) is 27.7. The van der Waals surface area contributed by atoms with Gasteiger partial charge >= 0.3 is 255 Å². The predicted octanol–water partition coefficient (Wildman–Crippen LogP) is 8.25.